The summed E-state index contributed by atoms with van der Waals surface area (Å²) in [5.74, 6) is 0. The molecule has 0 rings (SSSR count). The summed E-state index contributed by atoms with van der Waals surface area (Å²) in [4.78, 5) is 0. The molecule has 0 aliphatic carbocycles. The van der Waals surface area contributed by atoms with Gasteiger partial charge in [-0.1, -0.05) is 0 Å². The Balaban J connectivity index is -0.000000605. The van der Waals surface area contributed by atoms with Gasteiger partial charge in [0.05, 0.1) is 13.2 Å². The zero-order valence-electron chi connectivity index (χ0n) is 7.78. The van der Waals surface area contributed by atoms with Crippen LogP contribution in [0.2, 0.25) is 0 Å². The topological polar surface area (TPSA) is 121 Å². The van der Waals surface area contributed by atoms with Gasteiger partial charge in [0, 0.05) is 0 Å². The SMILES string of the molecule is OC[C@@H](O)[C@@H](O)[C@H](O)[C@H](O)CO.[Br-].[K+]. The van der Waals surface area contributed by atoms with Crippen LogP contribution in [-0.2, 0) is 0 Å². The van der Waals surface area contributed by atoms with E-state index in [2.05, 4.69) is 0 Å². The fourth-order valence-corrected chi connectivity index (χ4v) is 0.671. The predicted molar refractivity (Wildman–Crippen MR) is 38.2 cm³/mol. The van der Waals surface area contributed by atoms with E-state index in [0.717, 1.165) is 0 Å². The van der Waals surface area contributed by atoms with Gasteiger partial charge in [0.2, 0.25) is 0 Å². The first-order chi connectivity index (χ1) is 5.54. The molecule has 82 valence electrons. The number of aliphatic hydroxyl groups excluding tert-OH is 6. The Labute approximate surface area is 135 Å². The van der Waals surface area contributed by atoms with Crippen molar-refractivity contribution in [2.45, 2.75) is 24.4 Å². The molecule has 6 nitrogen and oxygen atoms in total. The standard InChI is InChI=1S/C6H14O6.BrH.K/c7-1-3(9)5(11)6(12)4(10)2-8;;/h3-12H,1-2H2;1H;/q;;+1/p-1/t3-,4-,5-,6-;;/m1../s1. The first-order valence-electron chi connectivity index (χ1n) is 3.48. The average molecular weight is 301 g/mol. The summed E-state index contributed by atoms with van der Waals surface area (Å²) in [6.07, 6.45) is -6.39. The molecule has 0 aliphatic rings. The zero-order chi connectivity index (χ0) is 9.72. The summed E-state index contributed by atoms with van der Waals surface area (Å²) < 4.78 is 0. The number of hydrogen-bond donors (Lipinski definition) is 6. The monoisotopic (exact) mass is 300 g/mol. The van der Waals surface area contributed by atoms with Gasteiger partial charge in [-0.25, -0.2) is 0 Å². The average Bonchev–Trinajstić information content (AvgIpc) is 2.12. The normalized spacial score (nSPS) is 18.4. The van der Waals surface area contributed by atoms with E-state index in [0.29, 0.717) is 0 Å². The molecule has 0 saturated heterocycles. The summed E-state index contributed by atoms with van der Waals surface area (Å²) in [5.41, 5.74) is 0. The Kier molecular flexibility index (Phi) is 17.2. The number of halogens is 1. The van der Waals surface area contributed by atoms with E-state index in [-0.39, 0.29) is 68.4 Å². The summed E-state index contributed by atoms with van der Waals surface area (Å²) in [6.45, 7) is -1.45. The molecule has 0 fully saturated rings. The minimum Gasteiger partial charge on any atom is -1.00 e. The fraction of sp³-hybridized carbons (Fsp3) is 1.00. The van der Waals surface area contributed by atoms with Crippen molar-refractivity contribution < 1.29 is 99.0 Å². The van der Waals surface area contributed by atoms with Crippen LogP contribution < -0.4 is 68.4 Å². The first-order valence-corrected chi connectivity index (χ1v) is 3.48. The minimum atomic E-state index is -1.67. The van der Waals surface area contributed by atoms with Gasteiger partial charge in [0.1, 0.15) is 24.4 Å². The molecule has 6 N–H and O–H groups in total. The molecule has 0 aromatic heterocycles. The van der Waals surface area contributed by atoms with E-state index in [9.17, 15) is 0 Å². The second-order valence-electron chi connectivity index (χ2n) is 2.48. The molecule has 0 heterocycles. The van der Waals surface area contributed by atoms with Gasteiger partial charge in [0.15, 0.2) is 0 Å². The van der Waals surface area contributed by atoms with Crippen LogP contribution in [0.1, 0.15) is 0 Å². The summed E-state index contributed by atoms with van der Waals surface area (Å²) in [7, 11) is 0. The van der Waals surface area contributed by atoms with Crippen molar-refractivity contribution in [1.29, 1.82) is 0 Å². The molecule has 0 aromatic carbocycles. The Morgan fingerprint density at radius 2 is 0.929 bits per heavy atom. The third-order valence-corrected chi connectivity index (χ3v) is 1.51. The van der Waals surface area contributed by atoms with Gasteiger partial charge in [-0.2, -0.15) is 0 Å². The quantitative estimate of drug-likeness (QED) is 0.281. The smallest absolute Gasteiger partial charge is 1.00 e. The van der Waals surface area contributed by atoms with Gasteiger partial charge in [-0.05, 0) is 0 Å². The van der Waals surface area contributed by atoms with E-state index in [4.69, 9.17) is 30.6 Å². The molecule has 0 unspecified atom stereocenters. The largest absolute Gasteiger partial charge is 1.00 e. The summed E-state index contributed by atoms with van der Waals surface area (Å²) >= 11 is 0. The van der Waals surface area contributed by atoms with Crippen molar-refractivity contribution in [3.05, 3.63) is 0 Å². The van der Waals surface area contributed by atoms with Crippen LogP contribution in [0.15, 0.2) is 0 Å². The van der Waals surface area contributed by atoms with Crippen LogP contribution in [0.4, 0.5) is 0 Å². The van der Waals surface area contributed by atoms with Crippen molar-refractivity contribution in [3.8, 4) is 0 Å². The zero-order valence-corrected chi connectivity index (χ0v) is 12.5. The van der Waals surface area contributed by atoms with Crippen LogP contribution >= 0.6 is 0 Å². The first kappa shape index (κ1) is 21.2. The van der Waals surface area contributed by atoms with E-state index >= 15 is 0 Å². The van der Waals surface area contributed by atoms with Gasteiger partial charge >= 0.3 is 51.4 Å². The molecule has 0 bridgehead atoms. The third kappa shape index (κ3) is 7.20. The summed E-state index contributed by atoms with van der Waals surface area (Å²) in [6, 6.07) is 0. The van der Waals surface area contributed by atoms with Crippen molar-refractivity contribution in [2.24, 2.45) is 0 Å². The van der Waals surface area contributed by atoms with Crippen molar-refractivity contribution in [2.75, 3.05) is 13.2 Å². The van der Waals surface area contributed by atoms with E-state index in [1.165, 1.54) is 0 Å². The molecule has 4 atom stereocenters. The van der Waals surface area contributed by atoms with Gasteiger partial charge < -0.3 is 47.6 Å². The van der Waals surface area contributed by atoms with Crippen LogP contribution in [-0.4, -0.2) is 68.3 Å². The van der Waals surface area contributed by atoms with E-state index in [1.807, 2.05) is 0 Å². The van der Waals surface area contributed by atoms with Crippen molar-refractivity contribution in [1.82, 2.24) is 0 Å². The molecule has 14 heavy (non-hydrogen) atoms. The molecular weight excluding hydrogens is 287 g/mol. The van der Waals surface area contributed by atoms with Crippen LogP contribution in [0.3, 0.4) is 0 Å². The van der Waals surface area contributed by atoms with Gasteiger partial charge in [0.25, 0.3) is 0 Å². The molecule has 0 aromatic rings. The predicted octanol–water partition coefficient (Wildman–Crippen LogP) is -9.58. The van der Waals surface area contributed by atoms with Crippen LogP contribution in [0.5, 0.6) is 0 Å². The van der Waals surface area contributed by atoms with Crippen molar-refractivity contribution >= 4 is 0 Å². The molecule has 0 radical (unpaired) electrons. The molecule has 8 heteroatoms. The van der Waals surface area contributed by atoms with Crippen molar-refractivity contribution in [3.63, 3.8) is 0 Å². The van der Waals surface area contributed by atoms with Gasteiger partial charge in [-0.3, -0.25) is 0 Å². The maximum absolute atomic E-state index is 8.96. The Bertz CT molecular complexity index is 115. The Morgan fingerprint density at radius 1 is 0.714 bits per heavy atom. The van der Waals surface area contributed by atoms with Crippen LogP contribution in [0.25, 0.3) is 0 Å². The fourth-order valence-electron chi connectivity index (χ4n) is 0.671. The Hall–Kier alpha value is 1.88. The molecule has 0 saturated carbocycles. The maximum Gasteiger partial charge on any atom is 1.00 e. The number of hydrogen-bond acceptors (Lipinski definition) is 6. The second kappa shape index (κ2) is 11.4. The van der Waals surface area contributed by atoms with Crippen LogP contribution in [0, 0.1) is 0 Å². The molecule has 0 aliphatic heterocycles. The number of rotatable bonds is 5. The molecule has 0 amide bonds. The maximum atomic E-state index is 8.96. The third-order valence-electron chi connectivity index (χ3n) is 1.51. The minimum absolute atomic E-state index is 0. The van der Waals surface area contributed by atoms with E-state index in [1.54, 1.807) is 0 Å². The Morgan fingerprint density at radius 3 is 1.07 bits per heavy atom. The summed E-state index contributed by atoms with van der Waals surface area (Å²) in [5, 5.41) is 52.2. The second-order valence-corrected chi connectivity index (χ2v) is 2.48. The van der Waals surface area contributed by atoms with Gasteiger partial charge in [-0.15, -0.1) is 0 Å². The molecule has 0 spiro atoms. The molecular formula is C6H14BrKO6. The van der Waals surface area contributed by atoms with E-state index < -0.39 is 37.6 Å². The number of aliphatic hydroxyl groups is 6.